The van der Waals surface area contributed by atoms with E-state index in [2.05, 4.69) is 20.3 Å². The fourth-order valence-electron chi connectivity index (χ4n) is 3.75. The summed E-state index contributed by atoms with van der Waals surface area (Å²) in [7, 11) is 1.85. The molecule has 8 heteroatoms. The Balaban J connectivity index is 2.03. The summed E-state index contributed by atoms with van der Waals surface area (Å²) in [6.45, 7) is 9.23. The Morgan fingerprint density at radius 2 is 2.14 bits per heavy atom. The van der Waals surface area contributed by atoms with E-state index in [0.29, 0.717) is 18.7 Å². The summed E-state index contributed by atoms with van der Waals surface area (Å²) in [5, 5.41) is 8.48. The van der Waals surface area contributed by atoms with Gasteiger partial charge in [-0.25, -0.2) is 9.78 Å². The van der Waals surface area contributed by atoms with Crippen LogP contribution in [0.4, 0.5) is 5.69 Å². The monoisotopic (exact) mass is 387 g/mol. The largest absolute Gasteiger partial charge is 0.462 e. The summed E-state index contributed by atoms with van der Waals surface area (Å²) in [6, 6.07) is 0.0406. The molecule has 0 bridgehead atoms. The maximum absolute atomic E-state index is 12.6. The number of aryl methyl sites for hydroxylation is 2. The molecule has 1 fully saturated rings. The molecule has 2 aromatic heterocycles. The lowest BCUT2D eigenvalue weighted by Gasteiger charge is -2.36. The molecule has 3 heterocycles. The average Bonchev–Trinajstić information content (AvgIpc) is 2.95. The number of nitrogens with one attached hydrogen (secondary N) is 1. The molecule has 1 N–H and O–H groups in total. The first-order valence-corrected chi connectivity index (χ1v) is 9.88. The molecule has 28 heavy (non-hydrogen) atoms. The second-order valence-electron chi connectivity index (χ2n) is 7.60. The van der Waals surface area contributed by atoms with Crippen LogP contribution >= 0.6 is 0 Å². The van der Waals surface area contributed by atoms with Crippen molar-refractivity contribution in [3.05, 3.63) is 17.5 Å². The molecule has 0 aromatic carbocycles. The van der Waals surface area contributed by atoms with Gasteiger partial charge in [-0.1, -0.05) is 13.8 Å². The number of esters is 1. The van der Waals surface area contributed by atoms with Gasteiger partial charge in [-0.3, -0.25) is 9.48 Å². The van der Waals surface area contributed by atoms with Crippen molar-refractivity contribution in [1.82, 2.24) is 20.1 Å². The van der Waals surface area contributed by atoms with Crippen molar-refractivity contribution in [2.45, 2.75) is 46.6 Å². The highest BCUT2D eigenvalue weighted by atomic mass is 16.5. The molecule has 0 saturated carbocycles. The Morgan fingerprint density at radius 1 is 1.39 bits per heavy atom. The maximum Gasteiger partial charge on any atom is 0.341 e. The predicted molar refractivity (Wildman–Crippen MR) is 107 cm³/mol. The van der Waals surface area contributed by atoms with Gasteiger partial charge in [-0.05, 0) is 26.7 Å². The van der Waals surface area contributed by atoms with Crippen molar-refractivity contribution >= 4 is 28.6 Å². The number of amides is 1. The van der Waals surface area contributed by atoms with Crippen molar-refractivity contribution in [1.29, 1.82) is 0 Å². The molecule has 1 aliphatic heterocycles. The molecule has 3 rings (SSSR count). The minimum Gasteiger partial charge on any atom is -0.462 e. The van der Waals surface area contributed by atoms with Crippen LogP contribution in [0.5, 0.6) is 0 Å². The van der Waals surface area contributed by atoms with Gasteiger partial charge in [0.2, 0.25) is 5.91 Å². The van der Waals surface area contributed by atoms with Gasteiger partial charge in [0.15, 0.2) is 5.65 Å². The number of carbonyl (C=O) groups excluding carboxylic acids is 2. The van der Waals surface area contributed by atoms with Crippen LogP contribution in [-0.4, -0.2) is 52.4 Å². The van der Waals surface area contributed by atoms with Crippen molar-refractivity contribution in [3.63, 3.8) is 0 Å². The van der Waals surface area contributed by atoms with E-state index in [1.807, 2.05) is 27.8 Å². The summed E-state index contributed by atoms with van der Waals surface area (Å²) >= 11 is 0. The second-order valence-corrected chi connectivity index (χ2v) is 7.60. The molecule has 1 amide bonds. The minimum atomic E-state index is -0.386. The molecular weight excluding hydrogens is 358 g/mol. The third kappa shape index (κ3) is 3.81. The molecule has 1 saturated heterocycles. The number of rotatable bonds is 5. The SMILES string of the molecule is CCOC(=O)c1cnc2c(c(C)nn2C)c1N1CCCC(NC(=O)C(C)C)C1. The zero-order valence-corrected chi connectivity index (χ0v) is 17.3. The molecule has 2 aromatic rings. The van der Waals surface area contributed by atoms with Crippen LogP contribution in [-0.2, 0) is 16.6 Å². The van der Waals surface area contributed by atoms with Crippen LogP contribution in [0.25, 0.3) is 11.0 Å². The van der Waals surface area contributed by atoms with Gasteiger partial charge in [0.25, 0.3) is 0 Å². The number of aromatic nitrogens is 3. The zero-order chi connectivity index (χ0) is 20.4. The molecule has 152 valence electrons. The van der Waals surface area contributed by atoms with Crippen LogP contribution in [0.3, 0.4) is 0 Å². The molecule has 0 spiro atoms. The third-order valence-corrected chi connectivity index (χ3v) is 5.10. The van der Waals surface area contributed by atoms with E-state index in [-0.39, 0.29) is 23.8 Å². The van der Waals surface area contributed by atoms with Crippen molar-refractivity contribution in [2.24, 2.45) is 13.0 Å². The molecule has 8 nitrogen and oxygen atoms in total. The third-order valence-electron chi connectivity index (χ3n) is 5.10. The Bertz CT molecular complexity index is 890. The van der Waals surface area contributed by atoms with Gasteiger partial charge in [-0.15, -0.1) is 0 Å². The van der Waals surface area contributed by atoms with E-state index in [9.17, 15) is 9.59 Å². The smallest absolute Gasteiger partial charge is 0.341 e. The summed E-state index contributed by atoms with van der Waals surface area (Å²) in [4.78, 5) is 31.4. The Morgan fingerprint density at radius 3 is 2.82 bits per heavy atom. The van der Waals surface area contributed by atoms with Gasteiger partial charge in [0.05, 0.1) is 23.4 Å². The molecule has 0 aliphatic carbocycles. The van der Waals surface area contributed by atoms with Gasteiger partial charge in [0.1, 0.15) is 5.56 Å². The highest BCUT2D eigenvalue weighted by Crippen LogP contribution is 2.34. The fraction of sp³-hybridized carbons (Fsp3) is 0.600. The Hall–Kier alpha value is -2.64. The lowest BCUT2D eigenvalue weighted by atomic mass is 10.0. The van der Waals surface area contributed by atoms with E-state index in [0.717, 1.165) is 41.8 Å². The van der Waals surface area contributed by atoms with E-state index < -0.39 is 0 Å². The molecular formula is C20H29N5O3. The standard InChI is InChI=1S/C20H29N5O3/c1-6-28-20(27)15-10-21-18-16(13(4)23-24(18)5)17(15)25-9-7-8-14(11-25)22-19(26)12(2)3/h10,12,14H,6-9,11H2,1-5H3,(H,22,26). The maximum atomic E-state index is 12.6. The van der Waals surface area contributed by atoms with Gasteiger partial charge < -0.3 is 15.0 Å². The number of hydrogen-bond acceptors (Lipinski definition) is 6. The number of piperidine rings is 1. The Labute approximate surface area is 165 Å². The number of ether oxygens (including phenoxy) is 1. The molecule has 1 aliphatic rings. The number of pyridine rings is 1. The minimum absolute atomic E-state index is 0.0406. The average molecular weight is 387 g/mol. The van der Waals surface area contributed by atoms with Gasteiger partial charge in [0, 0.05) is 38.3 Å². The lowest BCUT2D eigenvalue weighted by molar-refractivity contribution is -0.124. The first kappa shape index (κ1) is 20.1. The van der Waals surface area contributed by atoms with Crippen molar-refractivity contribution in [3.8, 4) is 0 Å². The van der Waals surface area contributed by atoms with Gasteiger partial charge in [-0.2, -0.15) is 5.10 Å². The summed E-state index contributed by atoms with van der Waals surface area (Å²) in [5.74, 6) is -0.392. The van der Waals surface area contributed by atoms with Crippen molar-refractivity contribution in [2.75, 3.05) is 24.6 Å². The van der Waals surface area contributed by atoms with Crippen LogP contribution in [0.2, 0.25) is 0 Å². The van der Waals surface area contributed by atoms with E-state index >= 15 is 0 Å². The number of anilines is 1. The second kappa shape index (κ2) is 8.16. The predicted octanol–water partition coefficient (Wildman–Crippen LogP) is 2.19. The van der Waals surface area contributed by atoms with Crippen LogP contribution in [0.1, 0.15) is 49.7 Å². The zero-order valence-electron chi connectivity index (χ0n) is 17.3. The first-order valence-electron chi connectivity index (χ1n) is 9.88. The highest BCUT2D eigenvalue weighted by molar-refractivity contribution is 6.05. The van der Waals surface area contributed by atoms with Crippen LogP contribution < -0.4 is 10.2 Å². The van der Waals surface area contributed by atoms with Crippen LogP contribution in [0, 0.1) is 12.8 Å². The number of carbonyl (C=O) groups is 2. The number of hydrogen-bond donors (Lipinski definition) is 1. The van der Waals surface area contributed by atoms with Crippen molar-refractivity contribution < 1.29 is 14.3 Å². The fourth-order valence-corrected chi connectivity index (χ4v) is 3.75. The summed E-state index contributed by atoms with van der Waals surface area (Å²) < 4.78 is 7.00. The number of fused-ring (bicyclic) bond motifs is 1. The molecule has 1 unspecified atom stereocenters. The van der Waals surface area contributed by atoms with Crippen LogP contribution in [0.15, 0.2) is 6.20 Å². The van der Waals surface area contributed by atoms with E-state index in [1.54, 1.807) is 17.8 Å². The van der Waals surface area contributed by atoms with E-state index in [1.165, 1.54) is 0 Å². The van der Waals surface area contributed by atoms with Gasteiger partial charge >= 0.3 is 5.97 Å². The topological polar surface area (TPSA) is 89.3 Å². The highest BCUT2D eigenvalue weighted by Gasteiger charge is 2.29. The first-order chi connectivity index (χ1) is 13.3. The molecule has 1 atom stereocenters. The Kier molecular flexibility index (Phi) is 5.86. The molecule has 0 radical (unpaired) electrons. The number of nitrogens with zero attached hydrogens (tertiary/aromatic N) is 4. The summed E-state index contributed by atoms with van der Waals surface area (Å²) in [6.07, 6.45) is 3.42. The lowest BCUT2D eigenvalue weighted by Crippen LogP contribution is -2.49. The van der Waals surface area contributed by atoms with E-state index in [4.69, 9.17) is 4.74 Å². The summed E-state index contributed by atoms with van der Waals surface area (Å²) in [5.41, 5.74) is 2.80. The normalized spacial score (nSPS) is 17.2. The quantitative estimate of drug-likeness (QED) is 0.791.